The second kappa shape index (κ2) is 3.95. The average molecular weight is 197 g/mol. The Hall–Kier alpha value is -1.12. The summed E-state index contributed by atoms with van der Waals surface area (Å²) in [6.07, 6.45) is 3.66. The van der Waals surface area contributed by atoms with Gasteiger partial charge in [-0.05, 0) is 37.0 Å². The molecule has 1 fully saturated rings. The van der Waals surface area contributed by atoms with E-state index in [0.29, 0.717) is 5.92 Å². The van der Waals surface area contributed by atoms with Crippen LogP contribution in [0.4, 0.5) is 14.5 Å². The highest BCUT2D eigenvalue weighted by Crippen LogP contribution is 2.27. The molecule has 0 amide bonds. The van der Waals surface area contributed by atoms with E-state index >= 15 is 0 Å². The van der Waals surface area contributed by atoms with Crippen LogP contribution in [0.1, 0.15) is 19.3 Å². The molecule has 3 heteroatoms. The maximum absolute atomic E-state index is 13.1. The minimum absolute atomic E-state index is 0.275. The maximum atomic E-state index is 13.1. The first kappa shape index (κ1) is 9.44. The van der Waals surface area contributed by atoms with Gasteiger partial charge in [-0.25, -0.2) is 8.78 Å². The molecule has 1 nitrogen and oxygen atoms in total. The van der Waals surface area contributed by atoms with Gasteiger partial charge >= 0.3 is 0 Å². The quantitative estimate of drug-likeness (QED) is 0.784. The van der Waals surface area contributed by atoms with Crippen molar-refractivity contribution in [2.45, 2.75) is 19.3 Å². The topological polar surface area (TPSA) is 12.0 Å². The Morgan fingerprint density at radius 1 is 1.29 bits per heavy atom. The van der Waals surface area contributed by atoms with E-state index in [1.54, 1.807) is 0 Å². The molecule has 0 aliphatic heterocycles. The van der Waals surface area contributed by atoms with E-state index in [1.165, 1.54) is 25.3 Å². The van der Waals surface area contributed by atoms with Gasteiger partial charge in [0.15, 0.2) is 0 Å². The fourth-order valence-corrected chi connectivity index (χ4v) is 1.58. The summed E-state index contributed by atoms with van der Waals surface area (Å²) in [6, 6.07) is 3.48. The minimum Gasteiger partial charge on any atom is -0.382 e. The van der Waals surface area contributed by atoms with Gasteiger partial charge in [0.05, 0.1) is 5.69 Å². The molecule has 1 aliphatic rings. The third-order valence-electron chi connectivity index (χ3n) is 2.73. The minimum atomic E-state index is -0.400. The molecule has 1 aromatic carbocycles. The van der Waals surface area contributed by atoms with E-state index in [9.17, 15) is 8.78 Å². The van der Waals surface area contributed by atoms with Gasteiger partial charge in [0, 0.05) is 6.54 Å². The lowest BCUT2D eigenvalue weighted by molar-refractivity contribution is 0.333. The Balaban J connectivity index is 1.96. The zero-order chi connectivity index (χ0) is 9.97. The van der Waals surface area contributed by atoms with Crippen molar-refractivity contribution < 1.29 is 8.78 Å². The van der Waals surface area contributed by atoms with Crippen LogP contribution in [0.15, 0.2) is 18.2 Å². The predicted octanol–water partition coefficient (Wildman–Crippen LogP) is 3.18. The highest BCUT2D eigenvalue weighted by molar-refractivity contribution is 5.44. The summed E-state index contributed by atoms with van der Waals surface area (Å²) in [5.74, 6) is -0.147. The van der Waals surface area contributed by atoms with Gasteiger partial charge in [0.25, 0.3) is 0 Å². The molecule has 1 N–H and O–H groups in total. The van der Waals surface area contributed by atoms with Gasteiger partial charge in [0.2, 0.25) is 0 Å². The third-order valence-corrected chi connectivity index (χ3v) is 2.73. The van der Waals surface area contributed by atoms with Crippen molar-refractivity contribution in [2.75, 3.05) is 11.9 Å². The lowest BCUT2D eigenvalue weighted by atomic mass is 9.85. The van der Waals surface area contributed by atoms with E-state index in [4.69, 9.17) is 0 Å². The van der Waals surface area contributed by atoms with E-state index in [-0.39, 0.29) is 11.5 Å². The highest BCUT2D eigenvalue weighted by Gasteiger charge is 2.17. The first-order valence-corrected chi connectivity index (χ1v) is 4.94. The van der Waals surface area contributed by atoms with Crippen LogP contribution in [0.25, 0.3) is 0 Å². The van der Waals surface area contributed by atoms with Crippen LogP contribution < -0.4 is 5.32 Å². The Bertz CT molecular complexity index is 321. The van der Waals surface area contributed by atoms with E-state index in [1.807, 2.05) is 0 Å². The number of anilines is 1. The van der Waals surface area contributed by atoms with Gasteiger partial charge in [-0.3, -0.25) is 0 Å². The lowest BCUT2D eigenvalue weighted by Gasteiger charge is -2.25. The van der Waals surface area contributed by atoms with Gasteiger partial charge < -0.3 is 5.32 Å². The Kier molecular flexibility index (Phi) is 2.66. The van der Waals surface area contributed by atoms with Gasteiger partial charge in [-0.2, -0.15) is 0 Å². The molecule has 1 aliphatic carbocycles. The lowest BCUT2D eigenvalue weighted by Crippen LogP contribution is -2.21. The number of hydrogen-bond donors (Lipinski definition) is 1. The summed E-state index contributed by atoms with van der Waals surface area (Å²) >= 11 is 0. The fourth-order valence-electron chi connectivity index (χ4n) is 1.58. The second-order valence-corrected chi connectivity index (χ2v) is 3.80. The SMILES string of the molecule is Fc1ccc(F)c(NCC2CCC2)c1. The first-order chi connectivity index (χ1) is 6.75. The van der Waals surface area contributed by atoms with Crippen molar-refractivity contribution >= 4 is 5.69 Å². The summed E-state index contributed by atoms with van der Waals surface area (Å²) in [5.41, 5.74) is 0.275. The van der Waals surface area contributed by atoms with Gasteiger partial charge in [-0.15, -0.1) is 0 Å². The second-order valence-electron chi connectivity index (χ2n) is 3.80. The molecule has 0 atom stereocenters. The Labute approximate surface area is 82.1 Å². The van der Waals surface area contributed by atoms with Gasteiger partial charge in [-0.1, -0.05) is 6.42 Å². The smallest absolute Gasteiger partial charge is 0.146 e. The molecular formula is C11H13F2N. The number of benzene rings is 1. The van der Waals surface area contributed by atoms with E-state index in [2.05, 4.69) is 5.32 Å². The largest absolute Gasteiger partial charge is 0.382 e. The molecule has 0 bridgehead atoms. The molecule has 1 saturated carbocycles. The van der Waals surface area contributed by atoms with Crippen LogP contribution in [0.5, 0.6) is 0 Å². The number of rotatable bonds is 3. The summed E-state index contributed by atoms with van der Waals surface area (Å²) in [6.45, 7) is 0.750. The predicted molar refractivity (Wildman–Crippen MR) is 52.2 cm³/mol. The zero-order valence-corrected chi connectivity index (χ0v) is 7.89. The Morgan fingerprint density at radius 3 is 2.71 bits per heavy atom. The van der Waals surface area contributed by atoms with Crippen LogP contribution in [-0.2, 0) is 0 Å². The van der Waals surface area contributed by atoms with E-state index < -0.39 is 5.82 Å². The molecule has 14 heavy (non-hydrogen) atoms. The van der Waals surface area contributed by atoms with Crippen molar-refractivity contribution in [2.24, 2.45) is 5.92 Å². The summed E-state index contributed by atoms with van der Waals surface area (Å²) in [7, 11) is 0. The van der Waals surface area contributed by atoms with Crippen LogP contribution in [-0.4, -0.2) is 6.54 Å². The Morgan fingerprint density at radius 2 is 2.07 bits per heavy atom. The molecule has 0 saturated heterocycles. The van der Waals surface area contributed by atoms with Crippen LogP contribution in [0.3, 0.4) is 0 Å². The summed E-state index contributed by atoms with van der Waals surface area (Å²) in [5, 5.41) is 2.94. The summed E-state index contributed by atoms with van der Waals surface area (Å²) < 4.78 is 25.9. The molecule has 76 valence electrons. The molecule has 0 spiro atoms. The zero-order valence-electron chi connectivity index (χ0n) is 7.89. The highest BCUT2D eigenvalue weighted by atomic mass is 19.1. The number of hydrogen-bond acceptors (Lipinski definition) is 1. The molecule has 0 heterocycles. The third kappa shape index (κ3) is 2.03. The first-order valence-electron chi connectivity index (χ1n) is 4.94. The standard InChI is InChI=1S/C11H13F2N/c12-9-4-5-10(13)11(6-9)14-7-8-2-1-3-8/h4-6,8,14H,1-3,7H2. The molecule has 0 unspecified atom stereocenters. The monoisotopic (exact) mass is 197 g/mol. The summed E-state index contributed by atoms with van der Waals surface area (Å²) in [4.78, 5) is 0. The van der Waals surface area contributed by atoms with Crippen LogP contribution >= 0.6 is 0 Å². The number of halogens is 2. The van der Waals surface area contributed by atoms with Crippen molar-refractivity contribution in [3.8, 4) is 0 Å². The number of nitrogens with one attached hydrogen (secondary N) is 1. The van der Waals surface area contributed by atoms with Crippen molar-refractivity contribution in [1.82, 2.24) is 0 Å². The van der Waals surface area contributed by atoms with Gasteiger partial charge in [0.1, 0.15) is 11.6 Å². The molecule has 0 aromatic heterocycles. The fraction of sp³-hybridized carbons (Fsp3) is 0.455. The van der Waals surface area contributed by atoms with E-state index in [0.717, 1.165) is 18.7 Å². The molecule has 0 radical (unpaired) electrons. The molecule has 2 rings (SSSR count). The van der Waals surface area contributed by atoms with Crippen molar-refractivity contribution in [3.63, 3.8) is 0 Å². The van der Waals surface area contributed by atoms with Crippen LogP contribution in [0.2, 0.25) is 0 Å². The molecule has 1 aromatic rings. The normalized spacial score (nSPS) is 16.4. The van der Waals surface area contributed by atoms with Crippen molar-refractivity contribution in [3.05, 3.63) is 29.8 Å². The van der Waals surface area contributed by atoms with Crippen molar-refractivity contribution in [1.29, 1.82) is 0 Å². The van der Waals surface area contributed by atoms with Crippen LogP contribution in [0, 0.1) is 17.6 Å². The molecular weight excluding hydrogens is 184 g/mol. The maximum Gasteiger partial charge on any atom is 0.146 e. The average Bonchev–Trinajstić information content (AvgIpc) is 2.08.